The van der Waals surface area contributed by atoms with Crippen molar-refractivity contribution in [2.24, 2.45) is 11.7 Å². The van der Waals surface area contributed by atoms with Crippen molar-refractivity contribution in [3.8, 4) is 0 Å². The zero-order valence-corrected chi connectivity index (χ0v) is 12.5. The maximum atomic E-state index is 12.1. The van der Waals surface area contributed by atoms with Crippen molar-refractivity contribution in [3.05, 3.63) is 24.2 Å². The van der Waals surface area contributed by atoms with E-state index in [-0.39, 0.29) is 11.9 Å². The van der Waals surface area contributed by atoms with Crippen molar-refractivity contribution < 1.29 is 9.21 Å². The molecular formula is C14H21N3O2S. The summed E-state index contributed by atoms with van der Waals surface area (Å²) in [5.74, 6) is 1.10. The second kappa shape index (κ2) is 6.85. The first-order valence-corrected chi connectivity index (χ1v) is 7.32. The van der Waals surface area contributed by atoms with Gasteiger partial charge < -0.3 is 15.5 Å². The molecule has 110 valence electrons. The molecule has 1 amide bonds. The molecule has 1 aliphatic heterocycles. The first-order chi connectivity index (χ1) is 9.58. The molecule has 20 heavy (non-hydrogen) atoms. The van der Waals surface area contributed by atoms with Crippen LogP contribution in [-0.4, -0.2) is 34.9 Å². The summed E-state index contributed by atoms with van der Waals surface area (Å²) in [6.07, 6.45) is 3.47. The van der Waals surface area contributed by atoms with Crippen LogP contribution in [0.3, 0.4) is 0 Å². The summed E-state index contributed by atoms with van der Waals surface area (Å²) in [5.41, 5.74) is 5.67. The molecule has 2 heterocycles. The van der Waals surface area contributed by atoms with Crippen molar-refractivity contribution in [2.45, 2.75) is 32.4 Å². The molecule has 3 N–H and O–H groups in total. The van der Waals surface area contributed by atoms with Crippen molar-refractivity contribution in [3.63, 3.8) is 0 Å². The van der Waals surface area contributed by atoms with Crippen LogP contribution in [0, 0.1) is 5.92 Å². The number of nitrogens with two attached hydrogens (primary N) is 1. The number of piperidine rings is 1. The van der Waals surface area contributed by atoms with Gasteiger partial charge in [-0.25, -0.2) is 0 Å². The summed E-state index contributed by atoms with van der Waals surface area (Å²) in [4.78, 5) is 14.9. The van der Waals surface area contributed by atoms with Gasteiger partial charge in [0, 0.05) is 5.92 Å². The van der Waals surface area contributed by atoms with Gasteiger partial charge in [-0.3, -0.25) is 9.69 Å². The van der Waals surface area contributed by atoms with Gasteiger partial charge >= 0.3 is 0 Å². The van der Waals surface area contributed by atoms with Crippen LogP contribution in [0.15, 0.2) is 22.8 Å². The molecule has 0 aliphatic carbocycles. The topological polar surface area (TPSA) is 71.5 Å². The molecule has 0 aromatic carbocycles. The quantitative estimate of drug-likeness (QED) is 0.801. The van der Waals surface area contributed by atoms with Crippen molar-refractivity contribution in [1.82, 2.24) is 10.2 Å². The van der Waals surface area contributed by atoms with Gasteiger partial charge in [0.2, 0.25) is 5.91 Å². The average molecular weight is 295 g/mol. The fourth-order valence-corrected chi connectivity index (χ4v) is 2.71. The SMILES string of the molecule is CC(C(=O)NCc1ccco1)N1CCC(C(N)=S)CC1. The van der Waals surface area contributed by atoms with Crippen LogP contribution in [0.2, 0.25) is 0 Å². The molecule has 1 aromatic heterocycles. The van der Waals surface area contributed by atoms with E-state index in [0.717, 1.165) is 31.7 Å². The summed E-state index contributed by atoms with van der Waals surface area (Å²) in [5, 5.41) is 2.89. The fraction of sp³-hybridized carbons (Fsp3) is 0.571. The molecule has 5 nitrogen and oxygen atoms in total. The van der Waals surface area contributed by atoms with E-state index in [4.69, 9.17) is 22.4 Å². The number of furan rings is 1. The monoisotopic (exact) mass is 295 g/mol. The van der Waals surface area contributed by atoms with E-state index in [1.165, 1.54) is 0 Å². The van der Waals surface area contributed by atoms with E-state index in [1.54, 1.807) is 6.26 Å². The minimum atomic E-state index is -0.141. The Morgan fingerprint density at radius 1 is 1.60 bits per heavy atom. The zero-order valence-electron chi connectivity index (χ0n) is 11.7. The molecular weight excluding hydrogens is 274 g/mol. The number of nitrogens with one attached hydrogen (secondary N) is 1. The third-order valence-corrected chi connectivity index (χ3v) is 4.21. The lowest BCUT2D eigenvalue weighted by Crippen LogP contribution is -2.49. The summed E-state index contributed by atoms with van der Waals surface area (Å²) >= 11 is 5.03. The maximum Gasteiger partial charge on any atom is 0.237 e. The number of hydrogen-bond donors (Lipinski definition) is 2. The summed E-state index contributed by atoms with van der Waals surface area (Å²) in [7, 11) is 0. The van der Waals surface area contributed by atoms with Gasteiger partial charge in [-0.15, -0.1) is 0 Å². The molecule has 0 bridgehead atoms. The second-order valence-corrected chi connectivity index (χ2v) is 5.66. The Hall–Kier alpha value is -1.40. The highest BCUT2D eigenvalue weighted by Crippen LogP contribution is 2.19. The van der Waals surface area contributed by atoms with E-state index in [0.29, 0.717) is 17.5 Å². The minimum absolute atomic E-state index is 0.0233. The third-order valence-electron chi connectivity index (χ3n) is 3.88. The first-order valence-electron chi connectivity index (χ1n) is 6.91. The molecule has 1 aromatic rings. The smallest absolute Gasteiger partial charge is 0.237 e. The standard InChI is InChI=1S/C14H21N3O2S/c1-10(14(18)16-9-12-3-2-8-19-12)17-6-4-11(5-7-17)13(15)20/h2-3,8,10-11H,4-7,9H2,1H3,(H2,15,20)(H,16,18). The predicted octanol–water partition coefficient (Wildman–Crippen LogP) is 1.28. The number of hydrogen-bond acceptors (Lipinski definition) is 4. The first kappa shape index (κ1) is 15.0. The van der Waals surface area contributed by atoms with Crippen LogP contribution in [0.5, 0.6) is 0 Å². The maximum absolute atomic E-state index is 12.1. The van der Waals surface area contributed by atoms with Gasteiger partial charge in [0.1, 0.15) is 5.76 Å². The Balaban J connectivity index is 1.77. The van der Waals surface area contributed by atoms with Crippen LogP contribution >= 0.6 is 12.2 Å². The van der Waals surface area contributed by atoms with Gasteiger partial charge in [-0.2, -0.15) is 0 Å². The fourth-order valence-electron chi connectivity index (χ4n) is 2.47. The number of carbonyl (C=O) groups excluding carboxylic acids is 1. The number of rotatable bonds is 5. The highest BCUT2D eigenvalue weighted by molar-refractivity contribution is 7.80. The Bertz CT molecular complexity index is 453. The molecule has 0 saturated carbocycles. The Morgan fingerprint density at radius 3 is 2.85 bits per heavy atom. The van der Waals surface area contributed by atoms with E-state index in [1.807, 2.05) is 19.1 Å². The van der Waals surface area contributed by atoms with Crippen LogP contribution < -0.4 is 11.1 Å². The lowest BCUT2D eigenvalue weighted by atomic mass is 9.96. The number of nitrogens with zero attached hydrogens (tertiary/aromatic N) is 1. The Morgan fingerprint density at radius 2 is 2.30 bits per heavy atom. The molecule has 1 atom stereocenters. The highest BCUT2D eigenvalue weighted by atomic mass is 32.1. The Kier molecular flexibility index (Phi) is 5.14. The molecule has 1 aliphatic rings. The lowest BCUT2D eigenvalue weighted by molar-refractivity contribution is -0.126. The van der Waals surface area contributed by atoms with Crippen molar-refractivity contribution in [2.75, 3.05) is 13.1 Å². The predicted molar refractivity (Wildman–Crippen MR) is 81.1 cm³/mol. The number of likely N-dealkylation sites (tertiary alicyclic amines) is 1. The molecule has 1 saturated heterocycles. The van der Waals surface area contributed by atoms with Gasteiger partial charge in [0.25, 0.3) is 0 Å². The Labute approximate surface area is 124 Å². The number of carbonyl (C=O) groups is 1. The third kappa shape index (κ3) is 3.80. The largest absolute Gasteiger partial charge is 0.467 e. The normalized spacial score (nSPS) is 18.6. The van der Waals surface area contributed by atoms with E-state index < -0.39 is 0 Å². The second-order valence-electron chi connectivity index (χ2n) is 5.19. The summed E-state index contributed by atoms with van der Waals surface area (Å²) in [6, 6.07) is 3.52. The van der Waals surface area contributed by atoms with Crippen molar-refractivity contribution in [1.29, 1.82) is 0 Å². The van der Waals surface area contributed by atoms with Gasteiger partial charge in [0.15, 0.2) is 0 Å². The molecule has 1 fully saturated rings. The lowest BCUT2D eigenvalue weighted by Gasteiger charge is -2.34. The number of thiocarbonyl (C=S) groups is 1. The zero-order chi connectivity index (χ0) is 14.5. The van der Waals surface area contributed by atoms with Crippen LogP contribution in [0.4, 0.5) is 0 Å². The van der Waals surface area contributed by atoms with E-state index >= 15 is 0 Å². The van der Waals surface area contributed by atoms with Gasteiger partial charge in [0.05, 0.1) is 23.8 Å². The highest BCUT2D eigenvalue weighted by Gasteiger charge is 2.27. The van der Waals surface area contributed by atoms with E-state index in [9.17, 15) is 4.79 Å². The molecule has 1 unspecified atom stereocenters. The summed E-state index contributed by atoms with van der Waals surface area (Å²) in [6.45, 7) is 4.08. The van der Waals surface area contributed by atoms with Crippen LogP contribution in [-0.2, 0) is 11.3 Å². The average Bonchev–Trinajstić information content (AvgIpc) is 2.97. The van der Waals surface area contributed by atoms with Crippen molar-refractivity contribution >= 4 is 23.1 Å². The van der Waals surface area contributed by atoms with Crippen LogP contribution in [0.1, 0.15) is 25.5 Å². The molecule has 0 spiro atoms. The molecule has 2 rings (SSSR count). The van der Waals surface area contributed by atoms with Crippen LogP contribution in [0.25, 0.3) is 0 Å². The van der Waals surface area contributed by atoms with Gasteiger partial charge in [-0.05, 0) is 45.0 Å². The molecule has 0 radical (unpaired) electrons. The number of amides is 1. The van der Waals surface area contributed by atoms with E-state index in [2.05, 4.69) is 10.2 Å². The van der Waals surface area contributed by atoms with Gasteiger partial charge in [-0.1, -0.05) is 12.2 Å². The molecule has 6 heteroatoms. The minimum Gasteiger partial charge on any atom is -0.467 e. The summed E-state index contributed by atoms with van der Waals surface area (Å²) < 4.78 is 5.19.